The van der Waals surface area contributed by atoms with Crippen molar-refractivity contribution in [2.24, 2.45) is 0 Å². The standard InChI is InChI=1S/C56H89NO5/c1-4-7-10-13-16-19-22-24-26-27-29-31-34-37-40-43-46-49-56(61)62-52(47-44-41-38-35-32-21-18-15-12-9-6-3)50-55(60)57-53(51-58)54(59)48-45-42-39-36-33-30-28-25-23-20-17-14-11-8-5-2/h7,9-10,12-13,15-16,18-19,21-22,24,26-27,29,31-32,34-35,38,41,44,52-54,58-59H,4-6,8,11,14,17,20,23,25,28,30,33,36-37,39-40,42-43,45-51H2,1-3H3,(H,57,60)/b10-7-,12-9+,16-13+,18-15+,22-19+,26-24-,29-27+,32-21-,34-31+,38-35-,44-41+. The molecule has 0 aliphatic carbocycles. The molecule has 0 aliphatic heterocycles. The highest BCUT2D eigenvalue weighted by molar-refractivity contribution is 5.77. The summed E-state index contributed by atoms with van der Waals surface area (Å²) in [6.45, 7) is 6.12. The highest BCUT2D eigenvalue weighted by atomic mass is 16.5. The van der Waals surface area contributed by atoms with E-state index < -0.39 is 18.2 Å². The van der Waals surface area contributed by atoms with Crippen molar-refractivity contribution in [3.63, 3.8) is 0 Å². The molecule has 62 heavy (non-hydrogen) atoms. The van der Waals surface area contributed by atoms with Gasteiger partial charge in [-0.1, -0.05) is 257 Å². The summed E-state index contributed by atoms with van der Waals surface area (Å²) in [6.07, 6.45) is 68.2. The fourth-order valence-electron chi connectivity index (χ4n) is 6.60. The average Bonchev–Trinajstić information content (AvgIpc) is 3.26. The van der Waals surface area contributed by atoms with Gasteiger partial charge in [-0.2, -0.15) is 0 Å². The van der Waals surface area contributed by atoms with E-state index in [1.165, 1.54) is 77.0 Å². The van der Waals surface area contributed by atoms with E-state index in [1.54, 1.807) is 0 Å². The van der Waals surface area contributed by atoms with Crippen LogP contribution < -0.4 is 5.32 Å². The third kappa shape index (κ3) is 42.7. The van der Waals surface area contributed by atoms with Crippen molar-refractivity contribution in [1.82, 2.24) is 5.32 Å². The Bertz CT molecular complexity index is 1370. The fraction of sp³-hybridized carbons (Fsp3) is 0.571. The minimum Gasteiger partial charge on any atom is -0.461 e. The molecule has 0 aromatic heterocycles. The van der Waals surface area contributed by atoms with E-state index in [-0.39, 0.29) is 31.3 Å². The summed E-state index contributed by atoms with van der Waals surface area (Å²) in [5.74, 6) is -0.675. The van der Waals surface area contributed by atoms with Crippen LogP contribution >= 0.6 is 0 Å². The average molecular weight is 856 g/mol. The lowest BCUT2D eigenvalue weighted by Gasteiger charge is -2.24. The number of aliphatic hydroxyl groups excluding tert-OH is 2. The third-order valence-electron chi connectivity index (χ3n) is 10.3. The monoisotopic (exact) mass is 856 g/mol. The summed E-state index contributed by atoms with van der Waals surface area (Å²) in [6, 6.07) is -0.758. The summed E-state index contributed by atoms with van der Waals surface area (Å²) in [7, 11) is 0. The number of esters is 1. The summed E-state index contributed by atoms with van der Waals surface area (Å²) in [4.78, 5) is 26.0. The molecule has 0 fully saturated rings. The Kier molecular flexibility index (Phi) is 44.9. The molecule has 0 radical (unpaired) electrons. The zero-order chi connectivity index (χ0) is 45.2. The highest BCUT2D eigenvalue weighted by Crippen LogP contribution is 2.16. The van der Waals surface area contributed by atoms with Gasteiger partial charge < -0.3 is 20.3 Å². The molecule has 0 saturated heterocycles. The van der Waals surface area contributed by atoms with Gasteiger partial charge >= 0.3 is 5.97 Å². The second-order valence-corrected chi connectivity index (χ2v) is 16.0. The van der Waals surface area contributed by atoms with Crippen molar-refractivity contribution in [3.8, 4) is 0 Å². The molecule has 0 spiro atoms. The normalized spacial score (nSPS) is 14.5. The van der Waals surface area contributed by atoms with Crippen LogP contribution in [-0.4, -0.2) is 46.9 Å². The molecule has 6 nitrogen and oxygen atoms in total. The zero-order valence-electron chi connectivity index (χ0n) is 39.4. The molecule has 0 bridgehead atoms. The van der Waals surface area contributed by atoms with Gasteiger partial charge in [0.1, 0.15) is 6.10 Å². The number of ether oxygens (including phenoxy) is 1. The first-order valence-electron chi connectivity index (χ1n) is 24.6. The largest absolute Gasteiger partial charge is 0.461 e. The molecule has 3 unspecified atom stereocenters. The number of hydrogen-bond acceptors (Lipinski definition) is 5. The number of hydrogen-bond donors (Lipinski definition) is 3. The Balaban J connectivity index is 4.76. The van der Waals surface area contributed by atoms with Crippen LogP contribution in [0.2, 0.25) is 0 Å². The van der Waals surface area contributed by atoms with Crippen molar-refractivity contribution in [2.45, 2.75) is 200 Å². The van der Waals surface area contributed by atoms with E-state index in [9.17, 15) is 19.8 Å². The van der Waals surface area contributed by atoms with Gasteiger partial charge in [0, 0.05) is 12.8 Å². The van der Waals surface area contributed by atoms with Gasteiger partial charge in [0.05, 0.1) is 25.2 Å². The maximum absolute atomic E-state index is 13.1. The van der Waals surface area contributed by atoms with E-state index in [4.69, 9.17) is 4.74 Å². The van der Waals surface area contributed by atoms with Crippen molar-refractivity contribution < 1.29 is 24.5 Å². The zero-order valence-corrected chi connectivity index (χ0v) is 39.4. The smallest absolute Gasteiger partial charge is 0.306 e. The van der Waals surface area contributed by atoms with Gasteiger partial charge in [0.15, 0.2) is 0 Å². The molecule has 6 heteroatoms. The van der Waals surface area contributed by atoms with Crippen molar-refractivity contribution in [2.75, 3.05) is 6.61 Å². The van der Waals surface area contributed by atoms with Crippen LogP contribution in [0, 0.1) is 0 Å². The molecule has 0 heterocycles. The Hall–Kier alpha value is -4.00. The van der Waals surface area contributed by atoms with Crippen LogP contribution in [0.4, 0.5) is 0 Å². The number of aliphatic hydroxyl groups is 2. The minimum absolute atomic E-state index is 0.0462. The second-order valence-electron chi connectivity index (χ2n) is 16.0. The summed E-state index contributed by atoms with van der Waals surface area (Å²) in [5, 5.41) is 23.7. The van der Waals surface area contributed by atoms with Crippen LogP contribution in [0.3, 0.4) is 0 Å². The van der Waals surface area contributed by atoms with E-state index in [0.29, 0.717) is 19.3 Å². The molecular formula is C56H89NO5. The van der Waals surface area contributed by atoms with Crippen molar-refractivity contribution >= 4 is 11.9 Å². The molecule has 1 amide bonds. The second kappa shape index (κ2) is 48.0. The molecule has 0 aliphatic rings. The van der Waals surface area contributed by atoms with Crippen LogP contribution in [0.1, 0.15) is 181 Å². The van der Waals surface area contributed by atoms with Crippen LogP contribution in [0.15, 0.2) is 134 Å². The van der Waals surface area contributed by atoms with Gasteiger partial charge in [-0.25, -0.2) is 0 Å². The Morgan fingerprint density at radius 3 is 1.35 bits per heavy atom. The number of rotatable bonds is 41. The molecule has 3 atom stereocenters. The molecular weight excluding hydrogens is 767 g/mol. The molecule has 0 aromatic rings. The molecule has 0 aromatic carbocycles. The first kappa shape index (κ1) is 58.0. The number of amides is 1. The minimum atomic E-state index is -0.835. The number of allylic oxidation sites excluding steroid dienone is 21. The number of carbonyl (C=O) groups excluding carboxylic acids is 2. The molecule has 348 valence electrons. The number of unbranched alkanes of at least 4 members (excludes halogenated alkanes) is 17. The van der Waals surface area contributed by atoms with E-state index in [1.807, 2.05) is 115 Å². The van der Waals surface area contributed by atoms with Crippen molar-refractivity contribution in [1.29, 1.82) is 0 Å². The summed E-state index contributed by atoms with van der Waals surface area (Å²) in [5.41, 5.74) is 0. The Labute approximate surface area is 380 Å². The van der Waals surface area contributed by atoms with Crippen LogP contribution in [0.25, 0.3) is 0 Å². The topological polar surface area (TPSA) is 95.9 Å². The lowest BCUT2D eigenvalue weighted by Crippen LogP contribution is -2.46. The van der Waals surface area contributed by atoms with Gasteiger partial charge in [-0.3, -0.25) is 9.59 Å². The highest BCUT2D eigenvalue weighted by Gasteiger charge is 2.23. The summed E-state index contributed by atoms with van der Waals surface area (Å²) >= 11 is 0. The first-order chi connectivity index (χ1) is 30.5. The lowest BCUT2D eigenvalue weighted by molar-refractivity contribution is -0.150. The van der Waals surface area contributed by atoms with Crippen LogP contribution in [-0.2, 0) is 14.3 Å². The van der Waals surface area contributed by atoms with Gasteiger partial charge in [-0.15, -0.1) is 0 Å². The van der Waals surface area contributed by atoms with Gasteiger partial charge in [0.2, 0.25) is 5.91 Å². The first-order valence-corrected chi connectivity index (χ1v) is 24.6. The van der Waals surface area contributed by atoms with E-state index in [0.717, 1.165) is 51.4 Å². The SMILES string of the molecule is CC\C=C/C=C/C=C/C=C\C=C\C=C\CCCCCC(=O)OC(C/C=C/C=C\C=C/C=C/C=C/CC)CC(=O)NC(CO)C(O)CCCCCCCCCCCCCCCCC. The molecule has 3 N–H and O–H groups in total. The van der Waals surface area contributed by atoms with Gasteiger partial charge in [-0.05, 0) is 38.5 Å². The third-order valence-corrected chi connectivity index (χ3v) is 10.3. The van der Waals surface area contributed by atoms with Crippen molar-refractivity contribution in [3.05, 3.63) is 134 Å². The molecule has 0 saturated carbocycles. The maximum Gasteiger partial charge on any atom is 0.306 e. The predicted octanol–water partition coefficient (Wildman–Crippen LogP) is 14.7. The summed E-state index contributed by atoms with van der Waals surface area (Å²) < 4.78 is 5.81. The number of carbonyl (C=O) groups is 2. The quantitative estimate of drug-likeness (QED) is 0.0323. The van der Waals surface area contributed by atoms with E-state index in [2.05, 4.69) is 44.3 Å². The van der Waals surface area contributed by atoms with Gasteiger partial charge in [0.25, 0.3) is 0 Å². The van der Waals surface area contributed by atoms with E-state index >= 15 is 0 Å². The molecule has 0 rings (SSSR count). The maximum atomic E-state index is 13.1. The van der Waals surface area contributed by atoms with Crippen LogP contribution in [0.5, 0.6) is 0 Å². The Morgan fingerprint density at radius 1 is 0.500 bits per heavy atom. The number of nitrogens with one attached hydrogen (secondary N) is 1. The fourth-order valence-corrected chi connectivity index (χ4v) is 6.60. The predicted molar refractivity (Wildman–Crippen MR) is 268 cm³/mol. The Morgan fingerprint density at radius 2 is 0.903 bits per heavy atom. The lowest BCUT2D eigenvalue weighted by atomic mass is 10.0.